The summed E-state index contributed by atoms with van der Waals surface area (Å²) in [6, 6.07) is -0.00619. The quantitative estimate of drug-likeness (QED) is 0.909. The van der Waals surface area contributed by atoms with Gasteiger partial charge in [-0.05, 0) is 13.3 Å². The maximum atomic E-state index is 11.7. The smallest absolute Gasteiger partial charge is 0.152 e. The van der Waals surface area contributed by atoms with Crippen LogP contribution >= 0.6 is 0 Å². The Morgan fingerprint density at radius 1 is 1.33 bits per heavy atom. The van der Waals surface area contributed by atoms with Crippen molar-refractivity contribution >= 4 is 21.5 Å². The molecule has 0 bridgehead atoms. The van der Waals surface area contributed by atoms with E-state index in [2.05, 4.69) is 15.3 Å². The average molecular weight is 312 g/mol. The molecule has 21 heavy (non-hydrogen) atoms. The highest BCUT2D eigenvalue weighted by molar-refractivity contribution is 7.91. The van der Waals surface area contributed by atoms with Crippen molar-refractivity contribution < 1.29 is 8.42 Å². The lowest BCUT2D eigenvalue weighted by atomic mass is 10.1. The summed E-state index contributed by atoms with van der Waals surface area (Å²) in [4.78, 5) is 11.2. The Morgan fingerprint density at radius 2 is 2.00 bits per heavy atom. The van der Waals surface area contributed by atoms with Crippen molar-refractivity contribution in [3.8, 4) is 0 Å². The molecule has 1 aromatic rings. The number of hydrogen-bond acceptors (Lipinski definition) is 6. The monoisotopic (exact) mass is 312 g/mol. The molecule has 1 aromatic heterocycles. The van der Waals surface area contributed by atoms with Gasteiger partial charge in [0.15, 0.2) is 9.84 Å². The predicted molar refractivity (Wildman–Crippen MR) is 85.9 cm³/mol. The molecular weight excluding hydrogens is 288 g/mol. The molecule has 0 aliphatic carbocycles. The van der Waals surface area contributed by atoms with E-state index >= 15 is 0 Å². The van der Waals surface area contributed by atoms with E-state index in [-0.39, 0.29) is 23.5 Å². The lowest BCUT2D eigenvalue weighted by Gasteiger charge is -2.27. The van der Waals surface area contributed by atoms with Crippen LogP contribution in [0.2, 0.25) is 0 Å². The van der Waals surface area contributed by atoms with Crippen LogP contribution in [0.25, 0.3) is 0 Å². The van der Waals surface area contributed by atoms with Gasteiger partial charge >= 0.3 is 0 Å². The van der Waals surface area contributed by atoms with Crippen LogP contribution in [0.1, 0.15) is 37.6 Å². The van der Waals surface area contributed by atoms with Crippen molar-refractivity contribution in [1.82, 2.24) is 9.97 Å². The van der Waals surface area contributed by atoms with Gasteiger partial charge in [0.25, 0.3) is 0 Å². The van der Waals surface area contributed by atoms with Crippen LogP contribution in [0.4, 0.5) is 11.6 Å². The molecule has 0 saturated carbocycles. The minimum absolute atomic E-state index is 0.00619. The maximum Gasteiger partial charge on any atom is 0.152 e. The highest BCUT2D eigenvalue weighted by Crippen LogP contribution is 2.28. The first-order valence-electron chi connectivity index (χ1n) is 7.24. The van der Waals surface area contributed by atoms with E-state index in [1.165, 1.54) is 0 Å². The van der Waals surface area contributed by atoms with Crippen molar-refractivity contribution in [3.63, 3.8) is 0 Å². The Morgan fingerprint density at radius 3 is 2.48 bits per heavy atom. The van der Waals surface area contributed by atoms with Gasteiger partial charge in [0, 0.05) is 31.6 Å². The lowest BCUT2D eigenvalue weighted by Crippen LogP contribution is -2.34. The van der Waals surface area contributed by atoms with Gasteiger partial charge in [0.2, 0.25) is 0 Å². The molecule has 0 amide bonds. The zero-order valence-corrected chi connectivity index (χ0v) is 14.2. The van der Waals surface area contributed by atoms with Gasteiger partial charge in [-0.25, -0.2) is 18.4 Å². The van der Waals surface area contributed by atoms with Gasteiger partial charge in [0.1, 0.15) is 17.5 Å². The third-order valence-electron chi connectivity index (χ3n) is 3.98. The van der Waals surface area contributed by atoms with Gasteiger partial charge < -0.3 is 10.2 Å². The van der Waals surface area contributed by atoms with Gasteiger partial charge in [-0.3, -0.25) is 0 Å². The first kappa shape index (κ1) is 16.0. The molecule has 2 heterocycles. The molecule has 1 saturated heterocycles. The molecule has 0 radical (unpaired) electrons. The predicted octanol–water partition coefficient (Wildman–Crippen LogP) is 1.57. The number of nitrogens with zero attached hydrogens (tertiary/aromatic N) is 3. The number of sulfone groups is 1. The molecule has 1 unspecified atom stereocenters. The Labute approximate surface area is 126 Å². The summed E-state index contributed by atoms with van der Waals surface area (Å²) in [6.07, 6.45) is 0.661. The van der Waals surface area contributed by atoms with Crippen LogP contribution in [0.15, 0.2) is 0 Å². The van der Waals surface area contributed by atoms with E-state index < -0.39 is 9.84 Å². The molecule has 6 nitrogen and oxygen atoms in total. The molecule has 7 heteroatoms. The van der Waals surface area contributed by atoms with Crippen molar-refractivity contribution in [2.45, 2.75) is 39.2 Å². The summed E-state index contributed by atoms with van der Waals surface area (Å²) in [5, 5.41) is 3.10. The molecule has 118 valence electrons. The lowest BCUT2D eigenvalue weighted by molar-refractivity contribution is 0.600. The van der Waals surface area contributed by atoms with E-state index in [1.807, 2.05) is 39.8 Å². The average Bonchev–Trinajstić information content (AvgIpc) is 2.78. The standard InChI is InChI=1S/C14H24N4O2S/c1-9(2)12-16-13(15-4)10(3)14(17-12)18(5)11-6-7-21(19,20)8-11/h9,11H,6-8H2,1-5H3,(H,15,16,17). The summed E-state index contributed by atoms with van der Waals surface area (Å²) in [6.45, 7) is 6.06. The van der Waals surface area contributed by atoms with Crippen LogP contribution in [0.3, 0.4) is 0 Å². The number of anilines is 2. The number of hydrogen-bond donors (Lipinski definition) is 1. The maximum absolute atomic E-state index is 11.7. The first-order chi connectivity index (χ1) is 9.75. The fraction of sp³-hybridized carbons (Fsp3) is 0.714. The van der Waals surface area contributed by atoms with E-state index in [0.717, 1.165) is 23.0 Å². The Bertz CT molecular complexity index is 628. The summed E-state index contributed by atoms with van der Waals surface area (Å²) in [7, 11) is 0.853. The number of nitrogens with one attached hydrogen (secondary N) is 1. The molecule has 2 rings (SSSR count). The highest BCUT2D eigenvalue weighted by Gasteiger charge is 2.32. The van der Waals surface area contributed by atoms with E-state index in [0.29, 0.717) is 6.42 Å². The number of rotatable bonds is 4. The minimum atomic E-state index is -2.90. The topological polar surface area (TPSA) is 75.2 Å². The van der Waals surface area contributed by atoms with Gasteiger partial charge in [0.05, 0.1) is 11.5 Å². The fourth-order valence-corrected chi connectivity index (χ4v) is 4.39. The normalized spacial score (nSPS) is 20.8. The van der Waals surface area contributed by atoms with Crippen molar-refractivity contribution in [1.29, 1.82) is 0 Å². The SMILES string of the molecule is CNc1nc(C(C)C)nc(N(C)C2CCS(=O)(=O)C2)c1C. The van der Waals surface area contributed by atoms with Crippen molar-refractivity contribution in [3.05, 3.63) is 11.4 Å². The van der Waals surface area contributed by atoms with Gasteiger partial charge in [-0.15, -0.1) is 0 Å². The first-order valence-corrected chi connectivity index (χ1v) is 9.07. The van der Waals surface area contributed by atoms with Crippen LogP contribution in [-0.4, -0.2) is 50.0 Å². The fourth-order valence-electron chi connectivity index (χ4n) is 2.62. The molecule has 1 aliphatic heterocycles. The van der Waals surface area contributed by atoms with E-state index in [4.69, 9.17) is 0 Å². The third kappa shape index (κ3) is 3.28. The highest BCUT2D eigenvalue weighted by atomic mass is 32.2. The third-order valence-corrected chi connectivity index (χ3v) is 5.73. The molecule has 1 atom stereocenters. The minimum Gasteiger partial charge on any atom is -0.373 e. The van der Waals surface area contributed by atoms with Gasteiger partial charge in [-0.2, -0.15) is 0 Å². The van der Waals surface area contributed by atoms with Crippen LogP contribution in [-0.2, 0) is 9.84 Å². The summed E-state index contributed by atoms with van der Waals surface area (Å²) >= 11 is 0. The molecule has 0 aromatic carbocycles. The largest absolute Gasteiger partial charge is 0.373 e. The zero-order chi connectivity index (χ0) is 15.8. The van der Waals surface area contributed by atoms with Crippen LogP contribution < -0.4 is 10.2 Å². The van der Waals surface area contributed by atoms with Crippen LogP contribution in [0, 0.1) is 6.92 Å². The summed E-state index contributed by atoms with van der Waals surface area (Å²) < 4.78 is 23.4. The number of aromatic nitrogens is 2. The second-order valence-electron chi connectivity index (χ2n) is 5.95. The van der Waals surface area contributed by atoms with Crippen molar-refractivity contribution in [2.75, 3.05) is 35.8 Å². The second-order valence-corrected chi connectivity index (χ2v) is 8.18. The molecule has 0 spiro atoms. The van der Waals surface area contributed by atoms with Crippen molar-refractivity contribution in [2.24, 2.45) is 0 Å². The van der Waals surface area contributed by atoms with E-state index in [9.17, 15) is 8.42 Å². The summed E-state index contributed by atoms with van der Waals surface area (Å²) in [5.74, 6) is 3.09. The van der Waals surface area contributed by atoms with E-state index in [1.54, 1.807) is 0 Å². The Hall–Kier alpha value is -1.37. The van der Waals surface area contributed by atoms with Crippen LogP contribution in [0.5, 0.6) is 0 Å². The molecule has 1 aliphatic rings. The molecular formula is C14H24N4O2S. The molecule has 1 N–H and O–H groups in total. The van der Waals surface area contributed by atoms with Gasteiger partial charge in [-0.1, -0.05) is 13.8 Å². The second kappa shape index (κ2) is 5.79. The Balaban J connectivity index is 2.40. The zero-order valence-electron chi connectivity index (χ0n) is 13.3. The summed E-state index contributed by atoms with van der Waals surface area (Å²) in [5.41, 5.74) is 0.952. The Kier molecular flexibility index (Phi) is 4.41. The molecule has 1 fully saturated rings.